The summed E-state index contributed by atoms with van der Waals surface area (Å²) in [6.45, 7) is 3.14. The van der Waals surface area contributed by atoms with Gasteiger partial charge in [0.25, 0.3) is 0 Å². The van der Waals surface area contributed by atoms with E-state index in [-0.39, 0.29) is 18.7 Å². The van der Waals surface area contributed by atoms with Crippen molar-refractivity contribution >= 4 is 29.1 Å². The molecule has 2 N–H and O–H groups in total. The molecular formula is C15H17N3O4. The van der Waals surface area contributed by atoms with E-state index in [0.717, 1.165) is 5.01 Å². The second-order valence-electron chi connectivity index (χ2n) is 4.80. The number of ether oxygens (including phenoxy) is 1. The van der Waals surface area contributed by atoms with Gasteiger partial charge in [-0.1, -0.05) is 12.1 Å². The summed E-state index contributed by atoms with van der Waals surface area (Å²) in [4.78, 5) is 36.0. The maximum atomic E-state index is 12.5. The molecular weight excluding hydrogens is 286 g/mol. The van der Waals surface area contributed by atoms with Crippen molar-refractivity contribution in [2.45, 2.75) is 26.3 Å². The van der Waals surface area contributed by atoms with Crippen LogP contribution in [0.2, 0.25) is 0 Å². The van der Waals surface area contributed by atoms with Crippen molar-refractivity contribution in [3.05, 3.63) is 29.8 Å². The number of hydrogen-bond donors (Lipinski definition) is 1. The van der Waals surface area contributed by atoms with E-state index < -0.39 is 23.7 Å². The number of Topliss-reactive ketones (excluding diaryl/α,β-unsaturated/α-hetero) is 1. The van der Waals surface area contributed by atoms with Gasteiger partial charge in [0.1, 0.15) is 5.71 Å². The van der Waals surface area contributed by atoms with E-state index >= 15 is 0 Å². The zero-order valence-electron chi connectivity index (χ0n) is 12.4. The number of nitrogen functional groups attached to an aromatic ring is 1. The average Bonchev–Trinajstić information content (AvgIpc) is 2.93. The van der Waals surface area contributed by atoms with E-state index in [2.05, 4.69) is 5.10 Å². The van der Waals surface area contributed by atoms with E-state index in [1.54, 1.807) is 31.2 Å². The molecule has 0 radical (unpaired) electrons. The number of para-hydroxylation sites is 1. The first kappa shape index (κ1) is 15.7. The number of rotatable bonds is 4. The highest BCUT2D eigenvalue weighted by molar-refractivity contribution is 6.47. The topological polar surface area (TPSA) is 102 Å². The van der Waals surface area contributed by atoms with E-state index in [4.69, 9.17) is 10.5 Å². The molecule has 1 aromatic carbocycles. The second kappa shape index (κ2) is 6.38. The molecule has 0 saturated heterocycles. The lowest BCUT2D eigenvalue weighted by molar-refractivity contribution is -0.153. The summed E-state index contributed by atoms with van der Waals surface area (Å²) in [7, 11) is 0. The summed E-state index contributed by atoms with van der Waals surface area (Å²) in [5, 5.41) is 4.97. The third kappa shape index (κ3) is 2.98. The fourth-order valence-corrected chi connectivity index (χ4v) is 2.22. The normalized spacial score (nSPS) is 17.1. The van der Waals surface area contributed by atoms with Crippen LogP contribution < -0.4 is 5.73 Å². The van der Waals surface area contributed by atoms with Crippen molar-refractivity contribution in [1.82, 2.24) is 5.01 Å². The highest BCUT2D eigenvalue weighted by atomic mass is 16.5. The molecule has 116 valence electrons. The van der Waals surface area contributed by atoms with Crippen LogP contribution in [0.25, 0.3) is 0 Å². The molecule has 1 aliphatic rings. The molecule has 1 heterocycles. The van der Waals surface area contributed by atoms with Gasteiger partial charge in [0.15, 0.2) is 6.04 Å². The van der Waals surface area contributed by atoms with Gasteiger partial charge in [0.2, 0.25) is 11.7 Å². The molecule has 1 amide bonds. The maximum absolute atomic E-state index is 12.5. The minimum atomic E-state index is -0.902. The van der Waals surface area contributed by atoms with Crippen LogP contribution in [0.3, 0.4) is 0 Å². The Morgan fingerprint density at radius 1 is 1.36 bits per heavy atom. The third-order valence-electron chi connectivity index (χ3n) is 3.26. The highest BCUT2D eigenvalue weighted by Crippen LogP contribution is 2.21. The molecule has 2 rings (SSSR count). The van der Waals surface area contributed by atoms with Gasteiger partial charge in [-0.15, -0.1) is 0 Å². The number of amides is 1. The highest BCUT2D eigenvalue weighted by Gasteiger charge is 2.38. The van der Waals surface area contributed by atoms with Crippen LogP contribution in [0.4, 0.5) is 5.69 Å². The van der Waals surface area contributed by atoms with Crippen LogP contribution >= 0.6 is 0 Å². The fraction of sp³-hybridized carbons (Fsp3) is 0.333. The first-order chi connectivity index (χ1) is 10.5. The summed E-state index contributed by atoms with van der Waals surface area (Å²) in [6.07, 6.45) is 0.0194. The molecule has 0 aliphatic carbocycles. The van der Waals surface area contributed by atoms with Gasteiger partial charge in [-0.05, 0) is 19.1 Å². The molecule has 1 unspecified atom stereocenters. The lowest BCUT2D eigenvalue weighted by Gasteiger charge is -2.17. The monoisotopic (exact) mass is 303 g/mol. The van der Waals surface area contributed by atoms with Gasteiger partial charge in [0, 0.05) is 24.6 Å². The van der Waals surface area contributed by atoms with Gasteiger partial charge in [-0.3, -0.25) is 9.59 Å². The molecule has 0 spiro atoms. The summed E-state index contributed by atoms with van der Waals surface area (Å²) in [5.74, 6) is -1.40. The lowest BCUT2D eigenvalue weighted by Crippen LogP contribution is -2.38. The van der Waals surface area contributed by atoms with Crippen molar-refractivity contribution in [2.75, 3.05) is 12.3 Å². The first-order valence-corrected chi connectivity index (χ1v) is 6.88. The van der Waals surface area contributed by atoms with Crippen LogP contribution in [0.1, 0.15) is 30.6 Å². The molecule has 1 atom stereocenters. The number of nitrogens with zero attached hydrogens (tertiary/aromatic N) is 2. The third-order valence-corrected chi connectivity index (χ3v) is 3.26. The SMILES string of the molecule is CCOC(=O)C1CC(C(=O)c2ccccc2N)=NN1C(C)=O. The number of benzene rings is 1. The number of hydrogen-bond acceptors (Lipinski definition) is 6. The van der Waals surface area contributed by atoms with Crippen LogP contribution in [0, 0.1) is 0 Å². The van der Waals surface area contributed by atoms with Gasteiger partial charge in [-0.2, -0.15) is 5.10 Å². The first-order valence-electron chi connectivity index (χ1n) is 6.88. The Hall–Kier alpha value is -2.70. The van der Waals surface area contributed by atoms with Crippen molar-refractivity contribution in [1.29, 1.82) is 0 Å². The van der Waals surface area contributed by atoms with Gasteiger partial charge < -0.3 is 10.5 Å². The number of ketones is 1. The van der Waals surface area contributed by atoms with Crippen molar-refractivity contribution < 1.29 is 19.1 Å². The average molecular weight is 303 g/mol. The maximum Gasteiger partial charge on any atom is 0.331 e. The van der Waals surface area contributed by atoms with Gasteiger partial charge >= 0.3 is 5.97 Å². The zero-order chi connectivity index (χ0) is 16.3. The molecule has 7 nitrogen and oxygen atoms in total. The van der Waals surface area contributed by atoms with Crippen molar-refractivity contribution in [2.24, 2.45) is 5.10 Å². The number of carbonyl (C=O) groups is 3. The molecule has 0 aromatic heterocycles. The minimum absolute atomic E-state index is 0.0194. The number of carbonyl (C=O) groups excluding carboxylic acids is 3. The Kier molecular flexibility index (Phi) is 4.55. The Bertz CT molecular complexity index is 654. The molecule has 0 fully saturated rings. The van der Waals surface area contributed by atoms with Crippen LogP contribution in [-0.4, -0.2) is 41.0 Å². The second-order valence-corrected chi connectivity index (χ2v) is 4.80. The zero-order valence-corrected chi connectivity index (χ0v) is 12.4. The minimum Gasteiger partial charge on any atom is -0.464 e. The van der Waals surface area contributed by atoms with Crippen LogP contribution in [-0.2, 0) is 14.3 Å². The fourth-order valence-electron chi connectivity index (χ4n) is 2.22. The van der Waals surface area contributed by atoms with Crippen molar-refractivity contribution in [3.63, 3.8) is 0 Å². The summed E-state index contributed by atoms with van der Waals surface area (Å²) >= 11 is 0. The van der Waals surface area contributed by atoms with Gasteiger partial charge in [0.05, 0.1) is 6.61 Å². The van der Waals surface area contributed by atoms with Crippen LogP contribution in [0.5, 0.6) is 0 Å². The number of esters is 1. The quantitative estimate of drug-likeness (QED) is 0.507. The van der Waals surface area contributed by atoms with E-state index in [0.29, 0.717) is 11.3 Å². The number of nitrogens with two attached hydrogens (primary N) is 1. The Morgan fingerprint density at radius 2 is 2.05 bits per heavy atom. The Labute approximate surface area is 127 Å². The summed E-state index contributed by atoms with van der Waals surface area (Å²) in [6, 6.07) is 5.68. The van der Waals surface area contributed by atoms with Gasteiger partial charge in [-0.25, -0.2) is 9.80 Å². The number of hydrazone groups is 1. The van der Waals surface area contributed by atoms with Crippen molar-refractivity contribution in [3.8, 4) is 0 Å². The Morgan fingerprint density at radius 3 is 2.64 bits per heavy atom. The molecule has 0 bridgehead atoms. The van der Waals surface area contributed by atoms with Crippen LogP contribution in [0.15, 0.2) is 29.4 Å². The Balaban J connectivity index is 2.27. The number of anilines is 1. The molecule has 22 heavy (non-hydrogen) atoms. The van der Waals surface area contributed by atoms with E-state index in [1.165, 1.54) is 6.92 Å². The molecule has 7 heteroatoms. The smallest absolute Gasteiger partial charge is 0.331 e. The lowest BCUT2D eigenvalue weighted by atomic mass is 10.0. The summed E-state index contributed by atoms with van der Waals surface area (Å²) < 4.78 is 4.92. The van der Waals surface area contributed by atoms with E-state index in [9.17, 15) is 14.4 Å². The molecule has 1 aromatic rings. The van der Waals surface area contributed by atoms with E-state index in [1.807, 2.05) is 0 Å². The molecule has 1 aliphatic heterocycles. The predicted octanol–water partition coefficient (Wildman–Crippen LogP) is 0.991. The largest absolute Gasteiger partial charge is 0.464 e. The summed E-state index contributed by atoms with van der Waals surface area (Å²) in [5.41, 5.74) is 6.52. The standard InChI is InChI=1S/C15H17N3O4/c1-3-22-15(21)13-8-12(17-18(13)9(2)19)14(20)10-6-4-5-7-11(10)16/h4-7,13H,3,8,16H2,1-2H3. The molecule has 0 saturated carbocycles. The predicted molar refractivity (Wildman–Crippen MR) is 80.2 cm³/mol.